The van der Waals surface area contributed by atoms with E-state index in [0.29, 0.717) is 22.3 Å². The van der Waals surface area contributed by atoms with Crippen LogP contribution in [0.25, 0.3) is 0 Å². The van der Waals surface area contributed by atoms with Gasteiger partial charge in [0.1, 0.15) is 18.5 Å². The third kappa shape index (κ3) is 10.8. The van der Waals surface area contributed by atoms with Crippen LogP contribution in [-0.4, -0.2) is 52.1 Å². The number of aliphatic carboxylic acids is 2. The smallest absolute Gasteiger partial charge is 0.414 e. The molecule has 1 aromatic rings. The van der Waals surface area contributed by atoms with E-state index in [0.717, 1.165) is 6.42 Å². The summed E-state index contributed by atoms with van der Waals surface area (Å²) in [6, 6.07) is 5.00. The van der Waals surface area contributed by atoms with Crippen molar-refractivity contribution in [1.29, 1.82) is 0 Å². The van der Waals surface area contributed by atoms with Crippen LogP contribution in [0.15, 0.2) is 18.2 Å². The highest BCUT2D eigenvalue weighted by Crippen LogP contribution is 2.27. The fourth-order valence-electron chi connectivity index (χ4n) is 1.35. The average molecular weight is 396 g/mol. The zero-order valence-corrected chi connectivity index (χ0v) is 15.8. The predicted molar refractivity (Wildman–Crippen MR) is 95.6 cm³/mol. The number of ether oxygens (including phenoxy) is 1. The summed E-state index contributed by atoms with van der Waals surface area (Å²) in [6.45, 7) is 6.93. The number of hydrogen-bond acceptors (Lipinski definition) is 5. The first-order valence-corrected chi connectivity index (χ1v) is 8.21. The Bertz CT molecular complexity index is 568. The number of aliphatic hydroxyl groups excluding tert-OH is 1. The molecule has 0 fully saturated rings. The van der Waals surface area contributed by atoms with Gasteiger partial charge in [-0.1, -0.05) is 30.1 Å². The number of halogens is 2. The molecule has 0 saturated heterocycles. The molecule has 4 N–H and O–H groups in total. The maximum absolute atomic E-state index is 9.87. The molecule has 1 rings (SSSR count). The molecular formula is C16H23Cl2NO6. The summed E-state index contributed by atoms with van der Waals surface area (Å²) in [5.41, 5.74) is 0.00861. The third-order valence-corrected chi connectivity index (χ3v) is 3.75. The minimum atomic E-state index is -1.82. The standard InChI is InChI=1S/C14H21Cl2NO2.C2H2O4/c1-4-14(2,3)17-8-11(18)9-19-13-7-10(15)5-6-12(13)16;3-1(4)2(5)6/h5-7,11,17-18H,4,8-9H2,1-3H3;(H,3,4)(H,5,6). The summed E-state index contributed by atoms with van der Waals surface area (Å²) in [5.74, 6) is -3.16. The van der Waals surface area contributed by atoms with Crippen LogP contribution in [0, 0.1) is 0 Å². The molecule has 1 unspecified atom stereocenters. The van der Waals surface area contributed by atoms with E-state index in [1.807, 2.05) is 0 Å². The molecule has 0 bridgehead atoms. The Morgan fingerprint density at radius 1 is 1.24 bits per heavy atom. The molecule has 0 spiro atoms. The molecule has 1 atom stereocenters. The summed E-state index contributed by atoms with van der Waals surface area (Å²) >= 11 is 11.8. The van der Waals surface area contributed by atoms with Crippen molar-refractivity contribution in [2.75, 3.05) is 13.2 Å². The van der Waals surface area contributed by atoms with Crippen molar-refractivity contribution in [3.05, 3.63) is 28.2 Å². The van der Waals surface area contributed by atoms with Crippen molar-refractivity contribution in [2.24, 2.45) is 0 Å². The molecule has 0 aliphatic carbocycles. The van der Waals surface area contributed by atoms with Gasteiger partial charge in [0.2, 0.25) is 0 Å². The van der Waals surface area contributed by atoms with E-state index < -0.39 is 18.0 Å². The van der Waals surface area contributed by atoms with E-state index in [-0.39, 0.29) is 12.1 Å². The van der Waals surface area contributed by atoms with Crippen molar-refractivity contribution in [2.45, 2.75) is 38.8 Å². The van der Waals surface area contributed by atoms with Crippen LogP contribution in [0.2, 0.25) is 10.0 Å². The highest BCUT2D eigenvalue weighted by atomic mass is 35.5. The van der Waals surface area contributed by atoms with Gasteiger partial charge in [-0.3, -0.25) is 0 Å². The number of aliphatic hydroxyl groups is 1. The number of rotatable bonds is 7. The molecule has 0 saturated carbocycles. The predicted octanol–water partition coefficient (Wildman–Crippen LogP) is 2.67. The zero-order valence-electron chi connectivity index (χ0n) is 14.3. The Morgan fingerprint density at radius 3 is 2.28 bits per heavy atom. The SMILES string of the molecule is CCC(C)(C)NCC(O)COc1cc(Cl)ccc1Cl.O=C(O)C(=O)O. The molecule has 0 aliphatic heterocycles. The van der Waals surface area contributed by atoms with E-state index in [1.165, 1.54) is 0 Å². The maximum atomic E-state index is 9.87. The fourth-order valence-corrected chi connectivity index (χ4v) is 1.69. The van der Waals surface area contributed by atoms with Gasteiger partial charge in [-0.15, -0.1) is 0 Å². The summed E-state index contributed by atoms with van der Waals surface area (Å²) in [6.07, 6.45) is 0.390. The summed E-state index contributed by atoms with van der Waals surface area (Å²) in [7, 11) is 0. The Balaban J connectivity index is 0.000000823. The first-order chi connectivity index (χ1) is 11.5. The normalized spacial score (nSPS) is 11.9. The van der Waals surface area contributed by atoms with Gasteiger partial charge in [0.25, 0.3) is 0 Å². The molecule has 0 aliphatic rings. The Hall–Kier alpha value is -1.54. The van der Waals surface area contributed by atoms with Gasteiger partial charge in [-0.2, -0.15) is 0 Å². The maximum Gasteiger partial charge on any atom is 0.414 e. The monoisotopic (exact) mass is 395 g/mol. The molecule has 142 valence electrons. The average Bonchev–Trinajstić information content (AvgIpc) is 2.54. The van der Waals surface area contributed by atoms with Crippen molar-refractivity contribution in [3.8, 4) is 5.75 Å². The number of carbonyl (C=O) groups is 2. The van der Waals surface area contributed by atoms with Gasteiger partial charge in [-0.25, -0.2) is 9.59 Å². The first kappa shape index (κ1) is 23.5. The second kappa shape index (κ2) is 11.1. The molecule has 0 aromatic heterocycles. The van der Waals surface area contributed by atoms with Gasteiger partial charge >= 0.3 is 11.9 Å². The molecule has 7 nitrogen and oxygen atoms in total. The molecule has 0 heterocycles. The van der Waals surface area contributed by atoms with E-state index in [2.05, 4.69) is 26.1 Å². The Morgan fingerprint density at radius 2 is 1.80 bits per heavy atom. The number of nitrogens with one attached hydrogen (secondary N) is 1. The molecule has 25 heavy (non-hydrogen) atoms. The summed E-state index contributed by atoms with van der Waals surface area (Å²) in [4.78, 5) is 18.2. The molecule has 0 radical (unpaired) electrons. The number of carboxylic acids is 2. The van der Waals surface area contributed by atoms with Crippen molar-refractivity contribution in [1.82, 2.24) is 5.32 Å². The molecule has 9 heteroatoms. The second-order valence-electron chi connectivity index (χ2n) is 5.77. The summed E-state index contributed by atoms with van der Waals surface area (Å²) in [5, 5.41) is 29.0. The molecule has 1 aromatic carbocycles. The van der Waals surface area contributed by atoms with Gasteiger partial charge in [0.15, 0.2) is 0 Å². The number of carboxylic acid groups (broad SMARTS) is 2. The quantitative estimate of drug-likeness (QED) is 0.524. The fraction of sp³-hybridized carbons (Fsp3) is 0.500. The Labute approximate surface area is 156 Å². The third-order valence-electron chi connectivity index (χ3n) is 3.21. The van der Waals surface area contributed by atoms with E-state index in [4.69, 9.17) is 47.7 Å². The number of β-amino-alcohol motifs (C(OH)–C–C–N with tert-alkyl or cyclic N) is 1. The molecular weight excluding hydrogens is 373 g/mol. The first-order valence-electron chi connectivity index (χ1n) is 7.45. The van der Waals surface area contributed by atoms with E-state index in [9.17, 15) is 5.11 Å². The van der Waals surface area contributed by atoms with Crippen molar-refractivity contribution in [3.63, 3.8) is 0 Å². The van der Waals surface area contributed by atoms with Crippen molar-refractivity contribution >= 4 is 35.1 Å². The van der Waals surface area contributed by atoms with Crippen LogP contribution in [0.4, 0.5) is 0 Å². The van der Waals surface area contributed by atoms with Crippen LogP contribution in [-0.2, 0) is 9.59 Å². The minimum absolute atomic E-state index is 0.00861. The lowest BCUT2D eigenvalue weighted by atomic mass is 10.0. The van der Waals surface area contributed by atoms with Gasteiger partial charge in [-0.05, 0) is 32.4 Å². The van der Waals surface area contributed by atoms with Crippen LogP contribution < -0.4 is 10.1 Å². The highest BCUT2D eigenvalue weighted by Gasteiger charge is 2.16. The lowest BCUT2D eigenvalue weighted by Gasteiger charge is -2.26. The zero-order chi connectivity index (χ0) is 19.6. The number of hydrogen-bond donors (Lipinski definition) is 4. The highest BCUT2D eigenvalue weighted by molar-refractivity contribution is 6.34. The van der Waals surface area contributed by atoms with Crippen LogP contribution in [0.3, 0.4) is 0 Å². The van der Waals surface area contributed by atoms with Gasteiger partial charge < -0.3 is 25.4 Å². The van der Waals surface area contributed by atoms with Crippen LogP contribution >= 0.6 is 23.2 Å². The topological polar surface area (TPSA) is 116 Å². The van der Waals surface area contributed by atoms with E-state index >= 15 is 0 Å². The Kier molecular flexibility index (Phi) is 10.5. The number of benzene rings is 1. The van der Waals surface area contributed by atoms with E-state index in [1.54, 1.807) is 18.2 Å². The van der Waals surface area contributed by atoms with Crippen LogP contribution in [0.1, 0.15) is 27.2 Å². The van der Waals surface area contributed by atoms with Gasteiger partial charge in [0, 0.05) is 23.2 Å². The second-order valence-corrected chi connectivity index (χ2v) is 6.61. The summed E-state index contributed by atoms with van der Waals surface area (Å²) < 4.78 is 5.47. The lowest BCUT2D eigenvalue weighted by Crippen LogP contribution is -2.44. The lowest BCUT2D eigenvalue weighted by molar-refractivity contribution is -0.159. The van der Waals surface area contributed by atoms with Crippen LogP contribution in [0.5, 0.6) is 5.75 Å². The molecule has 0 amide bonds. The minimum Gasteiger partial charge on any atom is -0.489 e. The van der Waals surface area contributed by atoms with Gasteiger partial charge in [0.05, 0.1) is 5.02 Å². The largest absolute Gasteiger partial charge is 0.489 e. The van der Waals surface area contributed by atoms with Crippen molar-refractivity contribution < 1.29 is 29.6 Å².